The maximum atomic E-state index is 12.5. The SMILES string of the molecule is CC(C)COc1cc(-c2ccc(CCCN(C[C@H](O)c3cccnc3)C(=O)O)cc2)ccc1C(=O)NS(C)(=O)=O. The van der Waals surface area contributed by atoms with E-state index in [1.54, 1.807) is 36.5 Å². The first-order chi connectivity index (χ1) is 18.9. The van der Waals surface area contributed by atoms with E-state index in [9.17, 15) is 28.2 Å². The molecule has 0 aliphatic heterocycles. The zero-order valence-corrected chi connectivity index (χ0v) is 23.6. The number of aliphatic hydroxyl groups is 1. The Bertz CT molecular complexity index is 1390. The highest BCUT2D eigenvalue weighted by molar-refractivity contribution is 7.89. The fourth-order valence-electron chi connectivity index (χ4n) is 3.98. The third kappa shape index (κ3) is 9.35. The molecule has 40 heavy (non-hydrogen) atoms. The quantitative estimate of drug-likeness (QED) is 0.279. The second kappa shape index (κ2) is 13.9. The Morgan fingerprint density at radius 3 is 2.38 bits per heavy atom. The maximum absolute atomic E-state index is 12.5. The van der Waals surface area contributed by atoms with Gasteiger partial charge in [-0.3, -0.25) is 9.78 Å². The largest absolute Gasteiger partial charge is 0.492 e. The van der Waals surface area contributed by atoms with Crippen molar-refractivity contribution >= 4 is 22.0 Å². The number of carboxylic acid groups (broad SMARTS) is 1. The summed E-state index contributed by atoms with van der Waals surface area (Å²) in [4.78, 5) is 29.4. The summed E-state index contributed by atoms with van der Waals surface area (Å²) in [6.07, 6.45) is 3.18. The average molecular weight is 570 g/mol. The Morgan fingerprint density at radius 1 is 1.07 bits per heavy atom. The van der Waals surface area contributed by atoms with Gasteiger partial charge in [0.05, 0.1) is 31.1 Å². The summed E-state index contributed by atoms with van der Waals surface area (Å²) in [6.45, 7) is 4.52. The number of carbonyl (C=O) groups excluding carboxylic acids is 1. The Labute approximate surface area is 234 Å². The van der Waals surface area contributed by atoms with E-state index in [2.05, 4.69) is 4.98 Å². The van der Waals surface area contributed by atoms with Gasteiger partial charge in [0, 0.05) is 24.5 Å². The van der Waals surface area contributed by atoms with Crippen LogP contribution in [-0.2, 0) is 16.4 Å². The van der Waals surface area contributed by atoms with Crippen molar-refractivity contribution in [1.82, 2.24) is 14.6 Å². The number of benzene rings is 2. The second-order valence-corrected chi connectivity index (χ2v) is 11.7. The van der Waals surface area contributed by atoms with Crippen LogP contribution in [-0.4, -0.2) is 66.5 Å². The molecule has 10 nitrogen and oxygen atoms in total. The number of ether oxygens (including phenoxy) is 1. The Kier molecular flexibility index (Phi) is 10.6. The molecule has 0 bridgehead atoms. The van der Waals surface area contributed by atoms with Gasteiger partial charge >= 0.3 is 6.09 Å². The molecule has 214 valence electrons. The van der Waals surface area contributed by atoms with Crippen molar-refractivity contribution in [3.63, 3.8) is 0 Å². The van der Waals surface area contributed by atoms with Crippen molar-refractivity contribution in [3.8, 4) is 16.9 Å². The molecule has 1 heterocycles. The molecule has 11 heteroatoms. The fourth-order valence-corrected chi connectivity index (χ4v) is 4.43. The summed E-state index contributed by atoms with van der Waals surface area (Å²) in [5.74, 6) is -0.269. The van der Waals surface area contributed by atoms with E-state index in [0.29, 0.717) is 30.8 Å². The number of rotatable bonds is 13. The third-order valence-electron chi connectivity index (χ3n) is 5.99. The lowest BCUT2D eigenvalue weighted by molar-refractivity contribution is 0.0960. The zero-order chi connectivity index (χ0) is 29.3. The van der Waals surface area contributed by atoms with Crippen LogP contribution < -0.4 is 9.46 Å². The van der Waals surface area contributed by atoms with Crippen LogP contribution in [0.5, 0.6) is 5.75 Å². The van der Waals surface area contributed by atoms with Crippen LogP contribution in [0, 0.1) is 5.92 Å². The molecule has 0 aliphatic rings. The van der Waals surface area contributed by atoms with Crippen molar-refractivity contribution in [2.24, 2.45) is 5.92 Å². The van der Waals surface area contributed by atoms with Crippen molar-refractivity contribution in [3.05, 3.63) is 83.7 Å². The molecule has 0 spiro atoms. The zero-order valence-electron chi connectivity index (χ0n) is 22.8. The van der Waals surface area contributed by atoms with Gasteiger partial charge in [-0.25, -0.2) is 17.9 Å². The number of hydrogen-bond donors (Lipinski definition) is 3. The van der Waals surface area contributed by atoms with E-state index in [-0.39, 0.29) is 24.6 Å². The smallest absolute Gasteiger partial charge is 0.407 e. The van der Waals surface area contributed by atoms with E-state index in [4.69, 9.17) is 4.74 Å². The molecule has 2 amide bonds. The molecule has 3 N–H and O–H groups in total. The Morgan fingerprint density at radius 2 is 1.77 bits per heavy atom. The molecule has 1 atom stereocenters. The number of aromatic nitrogens is 1. The minimum Gasteiger partial charge on any atom is -0.492 e. The molecule has 2 aromatic carbocycles. The van der Waals surface area contributed by atoms with E-state index in [1.165, 1.54) is 11.1 Å². The van der Waals surface area contributed by atoms with Crippen LogP contribution in [0.15, 0.2) is 67.0 Å². The van der Waals surface area contributed by atoms with Gasteiger partial charge in [0.2, 0.25) is 10.0 Å². The molecule has 1 aromatic heterocycles. The van der Waals surface area contributed by atoms with Gasteiger partial charge in [0.1, 0.15) is 5.75 Å². The number of nitrogens with one attached hydrogen (secondary N) is 1. The summed E-state index contributed by atoms with van der Waals surface area (Å²) >= 11 is 0. The molecule has 0 fully saturated rings. The van der Waals surface area contributed by atoms with Gasteiger partial charge in [-0.2, -0.15) is 0 Å². The maximum Gasteiger partial charge on any atom is 0.407 e. The van der Waals surface area contributed by atoms with E-state index < -0.39 is 28.1 Å². The monoisotopic (exact) mass is 569 g/mol. The highest BCUT2D eigenvalue weighted by Gasteiger charge is 2.19. The highest BCUT2D eigenvalue weighted by atomic mass is 32.2. The molecule has 0 aliphatic carbocycles. The van der Waals surface area contributed by atoms with Gasteiger partial charge < -0.3 is 19.8 Å². The fraction of sp³-hybridized carbons (Fsp3) is 0.345. The molecular weight excluding hydrogens is 534 g/mol. The van der Waals surface area contributed by atoms with Gasteiger partial charge in [0.15, 0.2) is 0 Å². The normalized spacial score (nSPS) is 12.1. The molecule has 3 rings (SSSR count). The predicted octanol–water partition coefficient (Wildman–Crippen LogP) is 4.12. The van der Waals surface area contributed by atoms with E-state index >= 15 is 0 Å². The second-order valence-electron chi connectivity index (χ2n) is 9.95. The summed E-state index contributed by atoms with van der Waals surface area (Å²) in [6, 6.07) is 16.1. The van der Waals surface area contributed by atoms with Crippen LogP contribution in [0.25, 0.3) is 11.1 Å². The van der Waals surface area contributed by atoms with Gasteiger partial charge in [-0.05, 0) is 53.6 Å². The first-order valence-electron chi connectivity index (χ1n) is 12.9. The molecule has 0 saturated carbocycles. The molecule has 0 unspecified atom stereocenters. The number of carbonyl (C=O) groups is 2. The Balaban J connectivity index is 1.66. The standard InChI is InChI=1S/C29H35N3O7S/c1-20(2)19-39-27-16-23(12-13-25(27)28(34)31-40(3,37)38)22-10-8-21(9-11-22)6-5-15-32(29(35)36)18-26(33)24-7-4-14-30-17-24/h4,7-14,16-17,20,26,33H,5-6,15,18-19H2,1-3H3,(H,31,34)(H,35,36)/t26-/m0/s1. The van der Waals surface area contributed by atoms with Crippen LogP contribution >= 0.6 is 0 Å². The summed E-state index contributed by atoms with van der Waals surface area (Å²) in [7, 11) is -3.73. The van der Waals surface area contributed by atoms with E-state index in [0.717, 1.165) is 22.9 Å². The topological polar surface area (TPSA) is 146 Å². The summed E-state index contributed by atoms with van der Waals surface area (Å²) < 4.78 is 30.9. The lowest BCUT2D eigenvalue weighted by Crippen LogP contribution is -2.34. The number of sulfonamides is 1. The van der Waals surface area contributed by atoms with Gasteiger partial charge in [-0.15, -0.1) is 0 Å². The van der Waals surface area contributed by atoms with E-state index in [1.807, 2.05) is 42.8 Å². The van der Waals surface area contributed by atoms with Gasteiger partial charge in [-0.1, -0.05) is 50.2 Å². The lowest BCUT2D eigenvalue weighted by Gasteiger charge is -2.22. The van der Waals surface area contributed by atoms with Crippen LogP contribution in [0.4, 0.5) is 4.79 Å². The molecular formula is C29H35N3O7S. The number of aryl methyl sites for hydroxylation is 1. The first kappa shape index (κ1) is 30.6. The predicted molar refractivity (Wildman–Crippen MR) is 152 cm³/mol. The minimum atomic E-state index is -3.73. The molecule has 0 radical (unpaired) electrons. The number of amides is 2. The number of hydrogen-bond acceptors (Lipinski definition) is 7. The lowest BCUT2D eigenvalue weighted by atomic mass is 10.00. The first-order valence-corrected chi connectivity index (χ1v) is 14.8. The van der Waals surface area contributed by atoms with Crippen molar-refractivity contribution < 1.29 is 33.0 Å². The minimum absolute atomic E-state index is 0.0423. The molecule has 0 saturated heterocycles. The number of aliphatic hydroxyl groups excluding tert-OH is 1. The van der Waals surface area contributed by atoms with Crippen LogP contribution in [0.3, 0.4) is 0 Å². The molecule has 3 aromatic rings. The van der Waals surface area contributed by atoms with Crippen molar-refractivity contribution in [1.29, 1.82) is 0 Å². The Hall–Kier alpha value is -3.96. The van der Waals surface area contributed by atoms with Gasteiger partial charge in [0.25, 0.3) is 5.91 Å². The third-order valence-corrected chi connectivity index (χ3v) is 6.55. The van der Waals surface area contributed by atoms with Crippen molar-refractivity contribution in [2.45, 2.75) is 32.8 Å². The van der Waals surface area contributed by atoms with Crippen LogP contribution in [0.1, 0.15) is 47.9 Å². The highest BCUT2D eigenvalue weighted by Crippen LogP contribution is 2.29. The summed E-state index contributed by atoms with van der Waals surface area (Å²) in [5.41, 5.74) is 3.37. The summed E-state index contributed by atoms with van der Waals surface area (Å²) in [5, 5.41) is 19.9. The van der Waals surface area contributed by atoms with Crippen molar-refractivity contribution in [2.75, 3.05) is 26.0 Å². The van der Waals surface area contributed by atoms with Crippen LogP contribution in [0.2, 0.25) is 0 Å². The number of pyridine rings is 1. The average Bonchev–Trinajstić information content (AvgIpc) is 2.91. The number of nitrogens with zero attached hydrogens (tertiary/aromatic N) is 2.